The molecule has 2 aromatic rings. The first-order valence-electron chi connectivity index (χ1n) is 10.5. The average Bonchev–Trinajstić information content (AvgIpc) is 2.96. The van der Waals surface area contributed by atoms with Crippen LogP contribution in [-0.4, -0.2) is 29.4 Å². The molecule has 0 saturated carbocycles. The van der Waals surface area contributed by atoms with Crippen molar-refractivity contribution in [3.8, 4) is 0 Å². The van der Waals surface area contributed by atoms with Gasteiger partial charge in [-0.3, -0.25) is 9.69 Å². The number of imide groups is 1. The van der Waals surface area contributed by atoms with Crippen molar-refractivity contribution in [1.29, 1.82) is 0 Å². The fourth-order valence-electron chi connectivity index (χ4n) is 4.56. The highest BCUT2D eigenvalue weighted by molar-refractivity contribution is 6.14. The van der Waals surface area contributed by atoms with Crippen molar-refractivity contribution in [2.24, 2.45) is 0 Å². The third kappa shape index (κ3) is 3.71. The number of halogens is 1. The molecule has 1 fully saturated rings. The lowest BCUT2D eigenvalue weighted by Crippen LogP contribution is -2.45. The number of amides is 3. The zero-order chi connectivity index (χ0) is 22.5. The maximum Gasteiger partial charge on any atom is 0.329 e. The average molecular weight is 422 g/mol. The highest BCUT2D eigenvalue weighted by Gasteiger charge is 2.36. The molecule has 0 aliphatic carbocycles. The molecule has 2 heterocycles. The van der Waals surface area contributed by atoms with E-state index in [1.807, 2.05) is 6.92 Å². The van der Waals surface area contributed by atoms with Crippen molar-refractivity contribution in [2.75, 3.05) is 11.9 Å². The summed E-state index contributed by atoms with van der Waals surface area (Å²) >= 11 is 0. The summed E-state index contributed by atoms with van der Waals surface area (Å²) in [6, 6.07) is 9.89. The summed E-state index contributed by atoms with van der Waals surface area (Å²) < 4.78 is 14.0. The van der Waals surface area contributed by atoms with Crippen molar-refractivity contribution in [3.63, 3.8) is 0 Å². The highest BCUT2D eigenvalue weighted by atomic mass is 19.1. The zero-order valence-electron chi connectivity index (χ0n) is 18.6. The molecule has 1 atom stereocenters. The van der Waals surface area contributed by atoms with Crippen LogP contribution in [0.4, 0.5) is 14.9 Å². The van der Waals surface area contributed by atoms with E-state index in [0.29, 0.717) is 11.5 Å². The van der Waals surface area contributed by atoms with Crippen molar-refractivity contribution in [3.05, 3.63) is 70.2 Å². The van der Waals surface area contributed by atoms with Gasteiger partial charge in [-0.15, -0.1) is 0 Å². The lowest BCUT2D eigenvalue weighted by Gasteiger charge is -2.45. The van der Waals surface area contributed by atoms with Gasteiger partial charge in [-0.25, -0.2) is 9.18 Å². The molecule has 1 saturated heterocycles. The summed E-state index contributed by atoms with van der Waals surface area (Å²) in [5.74, 6) is -0.505. The molecule has 0 radical (unpaired) electrons. The molecular formula is C25H28FN3O2. The van der Waals surface area contributed by atoms with Gasteiger partial charge in [0, 0.05) is 23.8 Å². The summed E-state index contributed by atoms with van der Waals surface area (Å²) in [6.45, 7) is 8.61. The van der Waals surface area contributed by atoms with Gasteiger partial charge in [-0.1, -0.05) is 25.1 Å². The van der Waals surface area contributed by atoms with Crippen LogP contribution in [0.2, 0.25) is 0 Å². The molecule has 0 spiro atoms. The predicted molar refractivity (Wildman–Crippen MR) is 120 cm³/mol. The minimum Gasteiger partial charge on any atom is -0.369 e. The normalized spacial score (nSPS) is 21.5. The molecule has 6 heteroatoms. The Morgan fingerprint density at radius 2 is 1.94 bits per heavy atom. The number of nitrogens with zero attached hydrogens (tertiary/aromatic N) is 2. The molecule has 2 aliphatic heterocycles. The van der Waals surface area contributed by atoms with Crippen LogP contribution in [0.1, 0.15) is 55.4 Å². The first-order chi connectivity index (χ1) is 14.6. The minimum absolute atomic E-state index is 0.0709. The number of nitrogens with one attached hydrogen (secondary N) is 1. The monoisotopic (exact) mass is 421 g/mol. The van der Waals surface area contributed by atoms with Crippen LogP contribution in [-0.2, 0) is 11.3 Å². The van der Waals surface area contributed by atoms with Crippen LogP contribution in [0.15, 0.2) is 42.1 Å². The van der Waals surface area contributed by atoms with E-state index in [9.17, 15) is 14.0 Å². The first kappa shape index (κ1) is 21.1. The largest absolute Gasteiger partial charge is 0.369 e. The molecule has 2 aliphatic rings. The van der Waals surface area contributed by atoms with Crippen molar-refractivity contribution < 1.29 is 14.0 Å². The van der Waals surface area contributed by atoms with E-state index in [-0.39, 0.29) is 17.8 Å². The summed E-state index contributed by atoms with van der Waals surface area (Å²) in [6.07, 6.45) is 2.76. The van der Waals surface area contributed by atoms with Gasteiger partial charge in [0.2, 0.25) is 0 Å². The Balaban J connectivity index is 1.65. The molecule has 31 heavy (non-hydrogen) atoms. The molecule has 4 rings (SSSR count). The molecule has 2 aromatic carbocycles. The molecule has 162 valence electrons. The fourth-order valence-corrected chi connectivity index (χ4v) is 4.56. The fraction of sp³-hybridized carbons (Fsp3) is 0.360. The van der Waals surface area contributed by atoms with Gasteiger partial charge in [0.05, 0.1) is 6.54 Å². The van der Waals surface area contributed by atoms with Crippen LogP contribution < -0.4 is 10.2 Å². The van der Waals surface area contributed by atoms with Gasteiger partial charge < -0.3 is 10.2 Å². The van der Waals surface area contributed by atoms with Crippen LogP contribution in [0.25, 0.3) is 6.08 Å². The zero-order valence-corrected chi connectivity index (χ0v) is 18.6. The molecule has 5 nitrogen and oxygen atoms in total. The smallest absolute Gasteiger partial charge is 0.329 e. The van der Waals surface area contributed by atoms with Crippen molar-refractivity contribution >= 4 is 23.7 Å². The van der Waals surface area contributed by atoms with Crippen LogP contribution >= 0.6 is 0 Å². The molecule has 1 N–H and O–H groups in total. The minimum atomic E-state index is -0.537. The Hall–Kier alpha value is -3.15. The van der Waals surface area contributed by atoms with E-state index in [4.69, 9.17) is 0 Å². The summed E-state index contributed by atoms with van der Waals surface area (Å²) in [5.41, 5.74) is 4.94. The number of carbonyl (C=O) groups is 2. The highest BCUT2D eigenvalue weighted by Crippen LogP contribution is 2.43. The third-order valence-corrected chi connectivity index (χ3v) is 6.57. The second-order valence-electron chi connectivity index (χ2n) is 9.22. The number of urea groups is 1. The quantitative estimate of drug-likeness (QED) is 0.564. The van der Waals surface area contributed by atoms with Crippen molar-refractivity contribution in [2.45, 2.75) is 52.1 Å². The maximum atomic E-state index is 14.0. The van der Waals surface area contributed by atoms with Gasteiger partial charge in [-0.2, -0.15) is 0 Å². The lowest BCUT2D eigenvalue weighted by molar-refractivity contribution is -0.123. The van der Waals surface area contributed by atoms with Gasteiger partial charge in [0.1, 0.15) is 11.5 Å². The standard InChI is InChI=1S/C25H28FN3O2/c1-15-10-22-19(16(2)13-25(3,4)28(22)5)11-18(15)12-21-23(30)29(24(31)27-21)14-17-8-6-7-9-20(17)26/h6-12,16H,13-14H2,1-5H3,(H,27,31)/b21-12-. The Morgan fingerprint density at radius 3 is 2.65 bits per heavy atom. The topological polar surface area (TPSA) is 52.7 Å². The summed E-state index contributed by atoms with van der Waals surface area (Å²) in [7, 11) is 2.11. The Bertz CT molecular complexity index is 1110. The van der Waals surface area contributed by atoms with Gasteiger partial charge >= 0.3 is 6.03 Å². The van der Waals surface area contributed by atoms with E-state index in [1.165, 1.54) is 17.3 Å². The number of rotatable bonds is 3. The number of hydrogen-bond acceptors (Lipinski definition) is 3. The number of fused-ring (bicyclic) bond motifs is 1. The summed E-state index contributed by atoms with van der Waals surface area (Å²) in [5, 5.41) is 2.65. The van der Waals surface area contributed by atoms with E-state index in [2.05, 4.69) is 50.2 Å². The Kier molecular flexibility index (Phi) is 5.12. The second kappa shape index (κ2) is 7.52. The SMILES string of the molecule is Cc1cc2c(cc1/C=C1\NC(=O)N(Cc3ccccc3F)C1=O)C(C)CC(C)(C)N2C. The second-order valence-corrected chi connectivity index (χ2v) is 9.22. The third-order valence-electron chi connectivity index (χ3n) is 6.57. The summed E-state index contributed by atoms with van der Waals surface area (Å²) in [4.78, 5) is 28.6. The number of hydrogen-bond donors (Lipinski definition) is 1. The number of anilines is 1. The van der Waals surface area contributed by atoms with Gasteiger partial charge in [0.25, 0.3) is 5.91 Å². The van der Waals surface area contributed by atoms with E-state index < -0.39 is 17.8 Å². The van der Waals surface area contributed by atoms with Gasteiger partial charge in [-0.05, 0) is 74.1 Å². The number of aryl methyl sites for hydroxylation is 1. The number of carbonyl (C=O) groups excluding carboxylic acids is 2. The first-order valence-corrected chi connectivity index (χ1v) is 10.5. The Labute approximate surface area is 182 Å². The number of benzene rings is 2. The molecule has 3 amide bonds. The molecule has 1 unspecified atom stereocenters. The van der Waals surface area contributed by atoms with Crippen LogP contribution in [0, 0.1) is 12.7 Å². The maximum absolute atomic E-state index is 14.0. The predicted octanol–water partition coefficient (Wildman–Crippen LogP) is 4.95. The van der Waals surface area contributed by atoms with E-state index in [0.717, 1.165) is 22.4 Å². The molecule has 0 aromatic heterocycles. The van der Waals surface area contributed by atoms with Gasteiger partial charge in [0.15, 0.2) is 0 Å². The Morgan fingerprint density at radius 1 is 1.23 bits per heavy atom. The van der Waals surface area contributed by atoms with E-state index in [1.54, 1.807) is 24.3 Å². The molecule has 0 bridgehead atoms. The van der Waals surface area contributed by atoms with Crippen LogP contribution in [0.5, 0.6) is 0 Å². The van der Waals surface area contributed by atoms with E-state index >= 15 is 0 Å². The lowest BCUT2D eigenvalue weighted by atomic mass is 9.79. The molecular weight excluding hydrogens is 393 g/mol. The van der Waals surface area contributed by atoms with Crippen molar-refractivity contribution in [1.82, 2.24) is 10.2 Å². The van der Waals surface area contributed by atoms with Crippen LogP contribution in [0.3, 0.4) is 0 Å².